The van der Waals surface area contributed by atoms with Crippen molar-refractivity contribution in [3.8, 4) is 0 Å². The molecule has 1 rings (SSSR count). The zero-order valence-electron chi connectivity index (χ0n) is 10.7. The second-order valence-electron chi connectivity index (χ2n) is 4.90. The Balaban J connectivity index is 2.82. The van der Waals surface area contributed by atoms with E-state index < -0.39 is 15.6 Å². The molecule has 0 aliphatic carbocycles. The fourth-order valence-corrected chi connectivity index (χ4v) is 2.66. The summed E-state index contributed by atoms with van der Waals surface area (Å²) >= 11 is 0. The Labute approximate surface area is 102 Å². The monoisotopic (exact) mass is 260 g/mol. The van der Waals surface area contributed by atoms with Crippen molar-refractivity contribution in [1.29, 1.82) is 0 Å². The molecule has 0 aliphatic heterocycles. The van der Waals surface area contributed by atoms with Crippen molar-refractivity contribution in [2.45, 2.75) is 37.8 Å². The van der Waals surface area contributed by atoms with Gasteiger partial charge in [0.25, 0.3) is 0 Å². The molecule has 0 aromatic carbocycles. The van der Waals surface area contributed by atoms with Gasteiger partial charge in [-0.3, -0.25) is 4.68 Å². The van der Waals surface area contributed by atoms with Gasteiger partial charge in [0.2, 0.25) is 10.0 Å². The van der Waals surface area contributed by atoms with Gasteiger partial charge in [-0.05, 0) is 27.8 Å². The molecule has 2 N–H and O–H groups in total. The van der Waals surface area contributed by atoms with E-state index in [-0.39, 0.29) is 4.90 Å². The topological polar surface area (TPSA) is 76.0 Å². The van der Waals surface area contributed by atoms with Crippen molar-refractivity contribution in [3.63, 3.8) is 0 Å². The van der Waals surface area contributed by atoms with Crippen LogP contribution in [0.1, 0.15) is 20.8 Å². The van der Waals surface area contributed by atoms with Gasteiger partial charge >= 0.3 is 0 Å². The lowest BCUT2D eigenvalue weighted by molar-refractivity contribution is 0.491. The number of hydrogen-bond acceptors (Lipinski definition) is 4. The van der Waals surface area contributed by atoms with E-state index in [0.717, 1.165) is 6.54 Å². The van der Waals surface area contributed by atoms with Crippen molar-refractivity contribution in [3.05, 3.63) is 12.4 Å². The summed E-state index contributed by atoms with van der Waals surface area (Å²) in [6, 6.07) is 0. The molecule has 1 aromatic rings. The molecule has 0 atom stereocenters. The number of nitrogens with zero attached hydrogens (tertiary/aromatic N) is 2. The molecule has 6 nitrogen and oxygen atoms in total. The minimum atomic E-state index is -3.48. The maximum absolute atomic E-state index is 12.0. The second kappa shape index (κ2) is 5.16. The fraction of sp³-hybridized carbons (Fsp3) is 0.700. The van der Waals surface area contributed by atoms with Gasteiger partial charge in [-0.25, -0.2) is 13.1 Å². The average molecular weight is 260 g/mol. The number of rotatable bonds is 5. The van der Waals surface area contributed by atoms with E-state index in [1.165, 1.54) is 12.4 Å². The molecule has 17 heavy (non-hydrogen) atoms. The molecule has 98 valence electrons. The first kappa shape index (κ1) is 14.1. The first-order valence-electron chi connectivity index (χ1n) is 5.46. The molecule has 0 spiro atoms. The molecule has 1 heterocycles. The van der Waals surface area contributed by atoms with Crippen LogP contribution in [0.25, 0.3) is 0 Å². The smallest absolute Gasteiger partial charge is 0.244 e. The lowest BCUT2D eigenvalue weighted by atomic mass is 10.1. The molecule has 0 radical (unpaired) electrons. The quantitative estimate of drug-likeness (QED) is 0.792. The van der Waals surface area contributed by atoms with E-state index in [4.69, 9.17) is 0 Å². The van der Waals surface area contributed by atoms with Gasteiger partial charge < -0.3 is 5.32 Å². The third-order valence-electron chi connectivity index (χ3n) is 1.95. The van der Waals surface area contributed by atoms with Crippen molar-refractivity contribution < 1.29 is 8.42 Å². The van der Waals surface area contributed by atoms with E-state index in [9.17, 15) is 8.42 Å². The van der Waals surface area contributed by atoms with Crippen molar-refractivity contribution in [1.82, 2.24) is 19.8 Å². The third-order valence-corrected chi connectivity index (χ3v) is 3.66. The van der Waals surface area contributed by atoms with Gasteiger partial charge in [-0.15, -0.1) is 0 Å². The number of sulfonamides is 1. The summed E-state index contributed by atoms with van der Waals surface area (Å²) in [6.07, 6.45) is 2.90. The molecule has 7 heteroatoms. The predicted molar refractivity (Wildman–Crippen MR) is 66.2 cm³/mol. The average Bonchev–Trinajstić information content (AvgIpc) is 2.59. The van der Waals surface area contributed by atoms with Crippen molar-refractivity contribution in [2.24, 2.45) is 0 Å². The largest absolute Gasteiger partial charge is 0.318 e. The van der Waals surface area contributed by atoms with Crippen LogP contribution in [0.3, 0.4) is 0 Å². The predicted octanol–water partition coefficient (Wildman–Crippen LogP) is 0.179. The second-order valence-corrected chi connectivity index (χ2v) is 6.58. The summed E-state index contributed by atoms with van der Waals surface area (Å²) in [5.41, 5.74) is -0.494. The van der Waals surface area contributed by atoms with E-state index in [0.29, 0.717) is 6.54 Å². The lowest BCUT2D eigenvalue weighted by Crippen LogP contribution is -2.40. The van der Waals surface area contributed by atoms with Crippen LogP contribution in [0.2, 0.25) is 0 Å². The SMILES string of the molecule is CNCCn1cc(S(=O)(=O)NC(C)(C)C)cn1. The van der Waals surface area contributed by atoms with Crippen LogP contribution < -0.4 is 10.0 Å². The number of hydrogen-bond donors (Lipinski definition) is 2. The zero-order valence-corrected chi connectivity index (χ0v) is 11.5. The Hall–Kier alpha value is -0.920. The summed E-state index contributed by atoms with van der Waals surface area (Å²) in [4.78, 5) is 0.198. The van der Waals surface area contributed by atoms with E-state index >= 15 is 0 Å². The Kier molecular flexibility index (Phi) is 4.29. The standard InChI is InChI=1S/C10H20N4O2S/c1-10(2,3)13-17(15,16)9-7-12-14(8-9)6-5-11-4/h7-8,11,13H,5-6H2,1-4H3. The Bertz CT molecular complexity index is 459. The van der Waals surface area contributed by atoms with Gasteiger partial charge in [0.1, 0.15) is 4.90 Å². The Morgan fingerprint density at radius 1 is 1.41 bits per heavy atom. The van der Waals surface area contributed by atoms with Crippen LogP contribution >= 0.6 is 0 Å². The summed E-state index contributed by atoms with van der Waals surface area (Å²) in [7, 11) is -1.64. The van der Waals surface area contributed by atoms with E-state index in [2.05, 4.69) is 15.1 Å². The Morgan fingerprint density at radius 3 is 2.59 bits per heavy atom. The summed E-state index contributed by atoms with van der Waals surface area (Å²) in [5, 5.41) is 6.98. The van der Waals surface area contributed by atoms with Crippen LogP contribution in [-0.2, 0) is 16.6 Å². The van der Waals surface area contributed by atoms with Gasteiger partial charge in [0.15, 0.2) is 0 Å². The lowest BCUT2D eigenvalue weighted by Gasteiger charge is -2.19. The van der Waals surface area contributed by atoms with Gasteiger partial charge in [0, 0.05) is 18.3 Å². The maximum Gasteiger partial charge on any atom is 0.244 e. The normalized spacial score (nSPS) is 12.9. The number of likely N-dealkylation sites (N-methyl/N-ethyl adjacent to an activating group) is 1. The molecule has 0 unspecified atom stereocenters. The van der Waals surface area contributed by atoms with Crippen molar-refractivity contribution in [2.75, 3.05) is 13.6 Å². The molecule has 0 fully saturated rings. The highest BCUT2D eigenvalue weighted by atomic mass is 32.2. The molecule has 0 saturated carbocycles. The van der Waals surface area contributed by atoms with Gasteiger partial charge in [0.05, 0.1) is 12.7 Å². The van der Waals surface area contributed by atoms with Gasteiger partial charge in [-0.1, -0.05) is 0 Å². The van der Waals surface area contributed by atoms with Crippen LogP contribution in [0.4, 0.5) is 0 Å². The van der Waals surface area contributed by atoms with Gasteiger partial charge in [-0.2, -0.15) is 5.10 Å². The highest BCUT2D eigenvalue weighted by molar-refractivity contribution is 7.89. The highest BCUT2D eigenvalue weighted by Crippen LogP contribution is 2.11. The number of aromatic nitrogens is 2. The van der Waals surface area contributed by atoms with Crippen LogP contribution in [0.5, 0.6) is 0 Å². The first-order chi connectivity index (χ1) is 7.74. The van der Waals surface area contributed by atoms with Crippen LogP contribution in [0, 0.1) is 0 Å². The van der Waals surface area contributed by atoms with Crippen molar-refractivity contribution >= 4 is 10.0 Å². The summed E-state index contributed by atoms with van der Waals surface area (Å²) < 4.78 is 28.1. The minimum Gasteiger partial charge on any atom is -0.318 e. The molecule has 0 aliphatic rings. The fourth-order valence-electron chi connectivity index (χ4n) is 1.29. The third kappa shape index (κ3) is 4.45. The molecule has 0 amide bonds. The zero-order chi connectivity index (χ0) is 13.1. The Morgan fingerprint density at radius 2 is 2.06 bits per heavy atom. The van der Waals surface area contributed by atoms with Crippen LogP contribution in [0.15, 0.2) is 17.3 Å². The van der Waals surface area contributed by atoms with Crippen LogP contribution in [-0.4, -0.2) is 37.3 Å². The minimum absolute atomic E-state index is 0.198. The number of nitrogens with one attached hydrogen (secondary N) is 2. The summed E-state index contributed by atoms with van der Waals surface area (Å²) in [5.74, 6) is 0. The highest BCUT2D eigenvalue weighted by Gasteiger charge is 2.23. The summed E-state index contributed by atoms with van der Waals surface area (Å²) in [6.45, 7) is 6.79. The van der Waals surface area contributed by atoms with E-state index in [1.54, 1.807) is 25.5 Å². The maximum atomic E-state index is 12.0. The molecule has 0 saturated heterocycles. The molecular weight excluding hydrogens is 240 g/mol. The molecule has 0 bridgehead atoms. The molecular formula is C10H20N4O2S. The molecule has 1 aromatic heterocycles. The first-order valence-corrected chi connectivity index (χ1v) is 6.94. The van der Waals surface area contributed by atoms with E-state index in [1.807, 2.05) is 7.05 Å².